The quantitative estimate of drug-likeness (QED) is 0.503. The maximum atomic E-state index is 5.78. The van der Waals surface area contributed by atoms with Gasteiger partial charge in [0.2, 0.25) is 5.13 Å². The number of hydrogen-bond acceptors (Lipinski definition) is 5. The zero-order chi connectivity index (χ0) is 15.2. The first-order chi connectivity index (χ1) is 10.1. The summed E-state index contributed by atoms with van der Waals surface area (Å²) in [6.07, 6.45) is 2.69. The molecule has 1 aromatic carbocycles. The Morgan fingerprint density at radius 1 is 1.43 bits per heavy atom. The number of rotatable bonds is 6. The first kappa shape index (κ1) is 16.5. The molecule has 2 rings (SSSR count). The van der Waals surface area contributed by atoms with Crippen molar-refractivity contribution in [1.29, 1.82) is 0 Å². The van der Waals surface area contributed by atoms with E-state index in [1.807, 2.05) is 24.4 Å². The second-order valence-electron chi connectivity index (χ2n) is 4.32. The SMILES string of the molecule is CCCOc1c(Br)cc(Br)cc1C=NNc1nc(C)cs1. The third kappa shape index (κ3) is 4.79. The highest BCUT2D eigenvalue weighted by atomic mass is 79.9. The molecule has 21 heavy (non-hydrogen) atoms. The highest BCUT2D eigenvalue weighted by molar-refractivity contribution is 9.11. The van der Waals surface area contributed by atoms with E-state index in [4.69, 9.17) is 4.74 Å². The molecular weight excluding hydrogens is 418 g/mol. The van der Waals surface area contributed by atoms with Crippen LogP contribution in [0.5, 0.6) is 5.75 Å². The Bertz CT molecular complexity index is 643. The van der Waals surface area contributed by atoms with Crippen LogP contribution in [0.1, 0.15) is 24.6 Å². The molecule has 0 aliphatic heterocycles. The lowest BCUT2D eigenvalue weighted by Crippen LogP contribution is -2.00. The standard InChI is InChI=1S/C14H15Br2N3OS/c1-3-4-20-13-10(5-11(15)6-12(13)16)7-17-19-14-18-9(2)8-21-14/h5-8H,3-4H2,1-2H3,(H,18,19). The van der Waals surface area contributed by atoms with Crippen LogP contribution in [0.4, 0.5) is 5.13 Å². The first-order valence-corrected chi connectivity index (χ1v) is 8.89. The molecule has 1 N–H and O–H groups in total. The summed E-state index contributed by atoms with van der Waals surface area (Å²) >= 11 is 8.52. The fourth-order valence-corrected chi connectivity index (χ4v) is 3.60. The maximum Gasteiger partial charge on any atom is 0.203 e. The van der Waals surface area contributed by atoms with E-state index in [9.17, 15) is 0 Å². The molecule has 2 aromatic rings. The lowest BCUT2D eigenvalue weighted by Gasteiger charge is -2.11. The van der Waals surface area contributed by atoms with Gasteiger partial charge in [0, 0.05) is 15.4 Å². The fourth-order valence-electron chi connectivity index (χ4n) is 1.59. The number of ether oxygens (including phenoxy) is 1. The van der Waals surface area contributed by atoms with Gasteiger partial charge in [-0.15, -0.1) is 11.3 Å². The van der Waals surface area contributed by atoms with Crippen molar-refractivity contribution in [3.8, 4) is 5.75 Å². The molecule has 0 aliphatic carbocycles. The Balaban J connectivity index is 2.17. The topological polar surface area (TPSA) is 46.5 Å². The van der Waals surface area contributed by atoms with Crippen LogP contribution in [0.15, 0.2) is 31.6 Å². The molecule has 4 nitrogen and oxygen atoms in total. The Kier molecular flexibility index (Phi) is 6.20. The van der Waals surface area contributed by atoms with Crippen molar-refractivity contribution in [2.24, 2.45) is 5.10 Å². The second-order valence-corrected chi connectivity index (χ2v) is 6.95. The highest BCUT2D eigenvalue weighted by Crippen LogP contribution is 2.32. The number of benzene rings is 1. The molecule has 112 valence electrons. The van der Waals surface area contributed by atoms with E-state index in [1.54, 1.807) is 6.21 Å². The average molecular weight is 433 g/mol. The molecule has 0 radical (unpaired) electrons. The number of aryl methyl sites for hydroxylation is 1. The van der Waals surface area contributed by atoms with Gasteiger partial charge in [-0.2, -0.15) is 5.10 Å². The van der Waals surface area contributed by atoms with Crippen molar-refractivity contribution < 1.29 is 4.74 Å². The van der Waals surface area contributed by atoms with Crippen LogP contribution in [0.3, 0.4) is 0 Å². The molecule has 0 saturated carbocycles. The minimum Gasteiger partial charge on any atom is -0.492 e. The summed E-state index contributed by atoms with van der Waals surface area (Å²) in [7, 11) is 0. The Hall–Kier alpha value is -0.920. The van der Waals surface area contributed by atoms with Gasteiger partial charge in [0.25, 0.3) is 0 Å². The van der Waals surface area contributed by atoms with Crippen LogP contribution in [0.25, 0.3) is 0 Å². The molecule has 7 heteroatoms. The molecule has 1 heterocycles. The number of hydrogen-bond donors (Lipinski definition) is 1. The lowest BCUT2D eigenvalue weighted by molar-refractivity contribution is 0.315. The Labute approximate surface area is 144 Å². The highest BCUT2D eigenvalue weighted by Gasteiger charge is 2.08. The largest absolute Gasteiger partial charge is 0.492 e. The molecule has 0 spiro atoms. The van der Waals surface area contributed by atoms with Crippen molar-refractivity contribution in [1.82, 2.24) is 4.98 Å². The summed E-state index contributed by atoms with van der Waals surface area (Å²) in [5.41, 5.74) is 4.80. The number of hydrazone groups is 1. The molecule has 0 unspecified atom stereocenters. The zero-order valence-electron chi connectivity index (χ0n) is 11.7. The smallest absolute Gasteiger partial charge is 0.203 e. The summed E-state index contributed by atoms with van der Waals surface area (Å²) in [4.78, 5) is 4.29. The second kappa shape index (κ2) is 7.91. The van der Waals surface area contributed by atoms with E-state index in [2.05, 4.69) is 54.3 Å². The van der Waals surface area contributed by atoms with Gasteiger partial charge >= 0.3 is 0 Å². The van der Waals surface area contributed by atoms with Crippen LogP contribution in [0, 0.1) is 6.92 Å². The Morgan fingerprint density at radius 2 is 2.24 bits per heavy atom. The van der Waals surface area contributed by atoms with Crippen molar-refractivity contribution in [2.75, 3.05) is 12.0 Å². The monoisotopic (exact) mass is 431 g/mol. The van der Waals surface area contributed by atoms with Gasteiger partial charge in [-0.3, -0.25) is 5.43 Å². The van der Waals surface area contributed by atoms with Gasteiger partial charge in [0.1, 0.15) is 5.75 Å². The minimum atomic E-state index is 0.667. The van der Waals surface area contributed by atoms with Crippen molar-refractivity contribution >= 4 is 54.5 Å². The normalized spacial score (nSPS) is 11.0. The van der Waals surface area contributed by atoms with Crippen LogP contribution >= 0.6 is 43.2 Å². The van der Waals surface area contributed by atoms with Gasteiger partial charge in [0.05, 0.1) is 23.0 Å². The van der Waals surface area contributed by atoms with Crippen LogP contribution in [-0.4, -0.2) is 17.8 Å². The van der Waals surface area contributed by atoms with E-state index in [0.717, 1.165) is 37.5 Å². The van der Waals surface area contributed by atoms with Crippen LogP contribution in [0.2, 0.25) is 0 Å². The van der Waals surface area contributed by atoms with Gasteiger partial charge < -0.3 is 4.74 Å². The maximum absolute atomic E-state index is 5.78. The molecule has 0 bridgehead atoms. The molecule has 0 atom stereocenters. The molecule has 0 amide bonds. The average Bonchev–Trinajstić information content (AvgIpc) is 2.83. The number of nitrogens with zero attached hydrogens (tertiary/aromatic N) is 2. The van der Waals surface area contributed by atoms with Gasteiger partial charge in [0.15, 0.2) is 0 Å². The van der Waals surface area contributed by atoms with Crippen LogP contribution in [-0.2, 0) is 0 Å². The van der Waals surface area contributed by atoms with Crippen molar-refractivity contribution in [2.45, 2.75) is 20.3 Å². The predicted octanol–water partition coefficient (Wildman–Crippen LogP) is 5.21. The van der Waals surface area contributed by atoms with Gasteiger partial charge in [-0.25, -0.2) is 4.98 Å². The molecule has 0 saturated heterocycles. The van der Waals surface area contributed by atoms with E-state index in [-0.39, 0.29) is 0 Å². The number of thiazole rings is 1. The third-order valence-electron chi connectivity index (χ3n) is 2.47. The minimum absolute atomic E-state index is 0.667. The Morgan fingerprint density at radius 3 is 2.90 bits per heavy atom. The van der Waals surface area contributed by atoms with E-state index in [1.165, 1.54) is 11.3 Å². The number of halogens is 2. The van der Waals surface area contributed by atoms with E-state index >= 15 is 0 Å². The van der Waals surface area contributed by atoms with Crippen LogP contribution < -0.4 is 10.2 Å². The van der Waals surface area contributed by atoms with Gasteiger partial charge in [-0.05, 0) is 41.4 Å². The first-order valence-electron chi connectivity index (χ1n) is 6.43. The fraction of sp³-hybridized carbons (Fsp3) is 0.286. The predicted molar refractivity (Wildman–Crippen MR) is 95.7 cm³/mol. The zero-order valence-corrected chi connectivity index (χ0v) is 15.7. The third-order valence-corrected chi connectivity index (χ3v) is 4.38. The molecule has 0 fully saturated rings. The molecular formula is C14H15Br2N3OS. The number of aromatic nitrogens is 1. The van der Waals surface area contributed by atoms with E-state index < -0.39 is 0 Å². The summed E-state index contributed by atoms with van der Waals surface area (Å²) in [6.45, 7) is 4.69. The summed E-state index contributed by atoms with van der Waals surface area (Å²) in [5, 5.41) is 6.97. The number of anilines is 1. The molecule has 1 aromatic heterocycles. The summed E-state index contributed by atoms with van der Waals surface area (Å²) in [5.74, 6) is 0.793. The summed E-state index contributed by atoms with van der Waals surface area (Å²) in [6, 6.07) is 3.92. The van der Waals surface area contributed by atoms with E-state index in [0.29, 0.717) is 6.61 Å². The van der Waals surface area contributed by atoms with Crippen molar-refractivity contribution in [3.05, 3.63) is 37.7 Å². The summed E-state index contributed by atoms with van der Waals surface area (Å²) < 4.78 is 7.64. The lowest BCUT2D eigenvalue weighted by atomic mass is 10.2. The van der Waals surface area contributed by atoms with Gasteiger partial charge in [-0.1, -0.05) is 22.9 Å². The van der Waals surface area contributed by atoms with Crippen molar-refractivity contribution in [3.63, 3.8) is 0 Å². The molecule has 0 aliphatic rings. The number of nitrogens with one attached hydrogen (secondary N) is 1.